The van der Waals surface area contributed by atoms with E-state index in [9.17, 15) is 9.59 Å². The Balaban J connectivity index is 1.55. The average molecular weight is 415 g/mol. The molecule has 1 aliphatic rings. The van der Waals surface area contributed by atoms with E-state index >= 15 is 0 Å². The van der Waals surface area contributed by atoms with Crippen molar-refractivity contribution in [3.8, 4) is 17.2 Å². The molecule has 0 unspecified atom stereocenters. The van der Waals surface area contributed by atoms with Gasteiger partial charge in [0.25, 0.3) is 5.91 Å². The van der Waals surface area contributed by atoms with Gasteiger partial charge in [-0.15, -0.1) is 0 Å². The number of carbonyl (C=O) groups excluding carboxylic acids is 2. The van der Waals surface area contributed by atoms with Crippen LogP contribution >= 0.6 is 0 Å². The molecule has 0 radical (unpaired) electrons. The zero-order chi connectivity index (χ0) is 21.4. The van der Waals surface area contributed by atoms with Gasteiger partial charge in [0, 0.05) is 16.5 Å². The fraction of sp³-hybridized carbons (Fsp3) is 0.0833. The van der Waals surface area contributed by atoms with Crippen LogP contribution < -0.4 is 19.5 Å². The third-order valence-corrected chi connectivity index (χ3v) is 5.01. The van der Waals surface area contributed by atoms with Crippen molar-refractivity contribution in [3.05, 3.63) is 83.6 Å². The molecule has 154 valence electrons. The number of para-hydroxylation sites is 1. The predicted octanol–water partition coefficient (Wildman–Crippen LogP) is 4.65. The first-order valence-electron chi connectivity index (χ1n) is 9.55. The molecule has 31 heavy (non-hydrogen) atoms. The number of amides is 1. The predicted molar refractivity (Wildman–Crippen MR) is 113 cm³/mol. The molecule has 1 aromatic heterocycles. The van der Waals surface area contributed by atoms with Gasteiger partial charge in [-0.3, -0.25) is 9.59 Å². The summed E-state index contributed by atoms with van der Waals surface area (Å²) in [6.45, 7) is 0.111. The first-order chi connectivity index (χ1) is 15.1. The molecule has 7 nitrogen and oxygen atoms in total. The molecule has 1 N–H and O–H groups in total. The van der Waals surface area contributed by atoms with Crippen LogP contribution in [0.5, 0.6) is 17.2 Å². The van der Waals surface area contributed by atoms with E-state index in [0.29, 0.717) is 45.0 Å². The van der Waals surface area contributed by atoms with Gasteiger partial charge in [-0.05, 0) is 48.5 Å². The van der Waals surface area contributed by atoms with Gasteiger partial charge >= 0.3 is 0 Å². The Morgan fingerprint density at radius 1 is 0.903 bits per heavy atom. The van der Waals surface area contributed by atoms with Crippen molar-refractivity contribution in [1.29, 1.82) is 0 Å². The van der Waals surface area contributed by atoms with Crippen LogP contribution in [-0.4, -0.2) is 25.6 Å². The number of carbonyl (C=O) groups is 2. The minimum atomic E-state index is -0.384. The van der Waals surface area contributed by atoms with Crippen molar-refractivity contribution in [2.24, 2.45) is 0 Å². The summed E-state index contributed by atoms with van der Waals surface area (Å²) in [6, 6.07) is 18.8. The third kappa shape index (κ3) is 3.36. The molecule has 0 aliphatic carbocycles. The van der Waals surface area contributed by atoms with Gasteiger partial charge in [-0.25, -0.2) is 0 Å². The first kappa shape index (κ1) is 18.7. The number of nitrogens with one attached hydrogen (secondary N) is 1. The normalized spacial score (nSPS) is 12.0. The van der Waals surface area contributed by atoms with Gasteiger partial charge in [0.15, 0.2) is 17.3 Å². The van der Waals surface area contributed by atoms with Crippen LogP contribution in [0.1, 0.15) is 26.5 Å². The number of furan rings is 1. The zero-order valence-corrected chi connectivity index (χ0v) is 16.5. The number of ether oxygens (including phenoxy) is 3. The number of ketones is 1. The lowest BCUT2D eigenvalue weighted by molar-refractivity contribution is 0.101. The maximum Gasteiger partial charge on any atom is 0.255 e. The molecule has 0 saturated heterocycles. The van der Waals surface area contributed by atoms with Crippen LogP contribution in [0.15, 0.2) is 71.1 Å². The summed E-state index contributed by atoms with van der Waals surface area (Å²) >= 11 is 0. The van der Waals surface area contributed by atoms with Crippen molar-refractivity contribution < 1.29 is 28.2 Å². The molecular formula is C24H17NO6. The topological polar surface area (TPSA) is 87.0 Å². The van der Waals surface area contributed by atoms with Crippen LogP contribution in [0.2, 0.25) is 0 Å². The summed E-state index contributed by atoms with van der Waals surface area (Å²) in [4.78, 5) is 26.2. The van der Waals surface area contributed by atoms with E-state index in [1.165, 1.54) is 7.11 Å². The highest BCUT2D eigenvalue weighted by atomic mass is 16.7. The number of benzene rings is 3. The summed E-state index contributed by atoms with van der Waals surface area (Å²) in [7, 11) is 1.53. The second-order valence-electron chi connectivity index (χ2n) is 6.89. The van der Waals surface area contributed by atoms with Crippen molar-refractivity contribution in [2.45, 2.75) is 0 Å². The van der Waals surface area contributed by atoms with E-state index < -0.39 is 0 Å². The molecule has 4 aromatic rings. The molecule has 0 fully saturated rings. The van der Waals surface area contributed by atoms with Gasteiger partial charge in [-0.2, -0.15) is 0 Å². The summed E-state index contributed by atoms with van der Waals surface area (Å²) in [6.07, 6.45) is 0. The maximum atomic E-state index is 13.3. The zero-order valence-electron chi connectivity index (χ0n) is 16.5. The molecule has 1 aliphatic heterocycles. The summed E-state index contributed by atoms with van der Waals surface area (Å²) in [5, 5.41) is 3.47. The van der Waals surface area contributed by atoms with Gasteiger partial charge in [0.1, 0.15) is 11.3 Å². The number of methoxy groups -OCH3 is 1. The molecule has 3 aromatic carbocycles. The van der Waals surface area contributed by atoms with Crippen molar-refractivity contribution in [2.75, 3.05) is 19.2 Å². The number of hydrogen-bond donors (Lipinski definition) is 1. The lowest BCUT2D eigenvalue weighted by atomic mass is 10.1. The number of fused-ring (bicyclic) bond motifs is 2. The highest BCUT2D eigenvalue weighted by Crippen LogP contribution is 2.36. The minimum absolute atomic E-state index is 0.0383. The fourth-order valence-corrected chi connectivity index (χ4v) is 3.45. The van der Waals surface area contributed by atoms with Crippen LogP contribution in [0.25, 0.3) is 11.0 Å². The molecule has 0 bridgehead atoms. The van der Waals surface area contributed by atoms with Crippen molar-refractivity contribution in [1.82, 2.24) is 0 Å². The summed E-state index contributed by atoms with van der Waals surface area (Å²) in [5.74, 6) is 0.898. The van der Waals surface area contributed by atoms with E-state index in [-0.39, 0.29) is 24.2 Å². The largest absolute Gasteiger partial charge is 0.497 e. The van der Waals surface area contributed by atoms with E-state index in [2.05, 4.69) is 5.32 Å². The lowest BCUT2D eigenvalue weighted by Gasteiger charge is -2.08. The Morgan fingerprint density at radius 3 is 2.61 bits per heavy atom. The Kier molecular flexibility index (Phi) is 4.55. The molecule has 2 heterocycles. The average Bonchev–Trinajstić information content (AvgIpc) is 3.43. The fourth-order valence-electron chi connectivity index (χ4n) is 3.45. The van der Waals surface area contributed by atoms with Gasteiger partial charge in [0.2, 0.25) is 12.6 Å². The van der Waals surface area contributed by atoms with E-state index in [4.69, 9.17) is 18.6 Å². The van der Waals surface area contributed by atoms with Crippen LogP contribution in [0.3, 0.4) is 0 Å². The Morgan fingerprint density at radius 2 is 1.74 bits per heavy atom. The van der Waals surface area contributed by atoms with Gasteiger partial charge in [0.05, 0.1) is 12.8 Å². The monoisotopic (exact) mass is 415 g/mol. The van der Waals surface area contributed by atoms with E-state index in [1.54, 1.807) is 60.7 Å². The third-order valence-electron chi connectivity index (χ3n) is 5.01. The second-order valence-corrected chi connectivity index (χ2v) is 6.89. The van der Waals surface area contributed by atoms with Gasteiger partial charge in [-0.1, -0.05) is 18.2 Å². The molecule has 1 amide bonds. The second kappa shape index (κ2) is 7.53. The van der Waals surface area contributed by atoms with Crippen molar-refractivity contribution in [3.63, 3.8) is 0 Å². The molecule has 5 rings (SSSR count). The summed E-state index contributed by atoms with van der Waals surface area (Å²) < 4.78 is 21.7. The van der Waals surface area contributed by atoms with E-state index in [1.807, 2.05) is 6.07 Å². The Hall–Kier alpha value is -4.26. The van der Waals surface area contributed by atoms with Crippen molar-refractivity contribution >= 4 is 28.3 Å². The maximum absolute atomic E-state index is 13.3. The summed E-state index contributed by atoms with van der Waals surface area (Å²) in [5.41, 5.74) is 1.56. The Labute approximate surface area is 177 Å². The highest BCUT2D eigenvalue weighted by molar-refractivity contribution is 6.19. The number of anilines is 1. The molecular weight excluding hydrogens is 398 g/mol. The lowest BCUT2D eigenvalue weighted by Crippen LogP contribution is -2.14. The minimum Gasteiger partial charge on any atom is -0.497 e. The molecule has 0 saturated carbocycles. The molecule has 0 atom stereocenters. The number of hydrogen-bond acceptors (Lipinski definition) is 6. The van der Waals surface area contributed by atoms with Gasteiger partial charge < -0.3 is 23.9 Å². The van der Waals surface area contributed by atoms with Crippen LogP contribution in [0.4, 0.5) is 5.69 Å². The Bertz CT molecular complexity index is 1320. The van der Waals surface area contributed by atoms with Crippen LogP contribution in [0, 0.1) is 0 Å². The smallest absolute Gasteiger partial charge is 0.255 e. The SMILES string of the molecule is COc1cccc(C(=O)Nc2c(C(=O)c3ccc4c(c3)OCO4)oc3ccccc23)c1. The first-order valence-corrected chi connectivity index (χ1v) is 9.55. The van der Waals surface area contributed by atoms with Crippen LogP contribution in [-0.2, 0) is 0 Å². The molecule has 7 heteroatoms. The quantitative estimate of drug-likeness (QED) is 0.478. The number of rotatable bonds is 5. The van der Waals surface area contributed by atoms with E-state index in [0.717, 1.165) is 0 Å². The highest BCUT2D eigenvalue weighted by Gasteiger charge is 2.25. The standard InChI is InChI=1S/C24H17NO6/c1-28-16-6-4-5-15(11-16)24(27)25-21-17-7-2-3-8-18(17)31-23(21)22(26)14-9-10-19-20(12-14)30-13-29-19/h2-12H,13H2,1H3,(H,25,27). The molecule has 0 spiro atoms.